The zero-order chi connectivity index (χ0) is 26.0. The Balaban J connectivity index is 1.37. The van der Waals surface area contributed by atoms with Crippen molar-refractivity contribution in [1.29, 1.82) is 0 Å². The minimum absolute atomic E-state index is 0.0237. The van der Waals surface area contributed by atoms with E-state index in [1.165, 1.54) is 12.1 Å². The molecule has 1 aliphatic heterocycles. The van der Waals surface area contributed by atoms with Crippen molar-refractivity contribution in [1.82, 2.24) is 9.62 Å². The lowest BCUT2D eigenvalue weighted by atomic mass is 9.94. The van der Waals surface area contributed by atoms with Crippen molar-refractivity contribution in [2.24, 2.45) is 5.92 Å². The summed E-state index contributed by atoms with van der Waals surface area (Å²) in [5.41, 5.74) is 0.696. The van der Waals surface area contributed by atoms with E-state index in [-0.39, 0.29) is 28.5 Å². The summed E-state index contributed by atoms with van der Waals surface area (Å²) in [6, 6.07) is 6.43. The fraction of sp³-hybridized carbons (Fsp3) is 0.500. The minimum Gasteiger partial charge on any atom is -0.493 e. The number of benzene rings is 2. The predicted octanol–water partition coefficient (Wildman–Crippen LogP) is 7.24. The average Bonchev–Trinajstić information content (AvgIpc) is 3.67. The standard InChI is InChI=1S/C26H29ClF4N2O2S/c1-15(18-9-19(26(29,30)31)11-20(27)10-18)33-7-5-16(6-8-33)14-35-24-13-23(28)22(25(34)32-36-2)12-21(24)17-3-4-17/h9-13,15-17H,3-8,14H2,1-2H3,(H,32,34). The maximum absolute atomic E-state index is 14.6. The van der Waals surface area contributed by atoms with Gasteiger partial charge < -0.3 is 4.74 Å². The van der Waals surface area contributed by atoms with Crippen LogP contribution in [0.2, 0.25) is 5.02 Å². The van der Waals surface area contributed by atoms with Crippen LogP contribution in [0.3, 0.4) is 0 Å². The molecular weight excluding hydrogens is 516 g/mol. The van der Waals surface area contributed by atoms with Gasteiger partial charge in [0.15, 0.2) is 0 Å². The van der Waals surface area contributed by atoms with E-state index >= 15 is 0 Å². The third kappa shape index (κ3) is 6.47. The highest BCUT2D eigenvalue weighted by Gasteiger charge is 2.33. The fourth-order valence-electron chi connectivity index (χ4n) is 4.67. The lowest BCUT2D eigenvalue weighted by Gasteiger charge is -2.36. The molecule has 10 heteroatoms. The molecule has 1 heterocycles. The quantitative estimate of drug-likeness (QED) is 0.281. The molecule has 4 nitrogen and oxygen atoms in total. The molecule has 2 aromatic carbocycles. The first-order chi connectivity index (χ1) is 17.1. The number of nitrogens with one attached hydrogen (secondary N) is 1. The predicted molar refractivity (Wildman–Crippen MR) is 134 cm³/mol. The van der Waals surface area contributed by atoms with E-state index in [2.05, 4.69) is 9.62 Å². The molecule has 1 aliphatic carbocycles. The largest absolute Gasteiger partial charge is 0.493 e. The van der Waals surface area contributed by atoms with Crippen molar-refractivity contribution in [2.75, 3.05) is 26.0 Å². The van der Waals surface area contributed by atoms with Crippen molar-refractivity contribution < 1.29 is 27.1 Å². The summed E-state index contributed by atoms with van der Waals surface area (Å²) in [5, 5.41) is 0.0746. The van der Waals surface area contributed by atoms with Crippen LogP contribution < -0.4 is 9.46 Å². The topological polar surface area (TPSA) is 41.6 Å². The number of alkyl halides is 3. The molecule has 196 valence electrons. The fourth-order valence-corrected chi connectivity index (χ4v) is 5.21. The van der Waals surface area contributed by atoms with Crippen LogP contribution in [-0.2, 0) is 6.18 Å². The summed E-state index contributed by atoms with van der Waals surface area (Å²) in [6.45, 7) is 3.73. The smallest absolute Gasteiger partial charge is 0.416 e. The van der Waals surface area contributed by atoms with Crippen LogP contribution in [0.5, 0.6) is 5.75 Å². The van der Waals surface area contributed by atoms with Gasteiger partial charge in [-0.05, 0) is 92.9 Å². The maximum Gasteiger partial charge on any atom is 0.416 e. The Morgan fingerprint density at radius 1 is 1.17 bits per heavy atom. The van der Waals surface area contributed by atoms with E-state index in [0.29, 0.717) is 31.0 Å². The second kappa shape index (κ2) is 11.2. The molecule has 36 heavy (non-hydrogen) atoms. The first-order valence-electron chi connectivity index (χ1n) is 12.0. The highest BCUT2D eigenvalue weighted by atomic mass is 35.5. The number of likely N-dealkylation sites (tertiary alicyclic amines) is 1. The second-order valence-corrected chi connectivity index (χ2v) is 10.6. The summed E-state index contributed by atoms with van der Waals surface area (Å²) in [7, 11) is 0. The Bertz CT molecular complexity index is 1100. The lowest BCUT2D eigenvalue weighted by molar-refractivity contribution is -0.137. The normalized spacial score (nSPS) is 18.2. The van der Waals surface area contributed by atoms with Crippen LogP contribution in [0.25, 0.3) is 0 Å². The van der Waals surface area contributed by atoms with E-state index in [4.69, 9.17) is 16.3 Å². The van der Waals surface area contributed by atoms with Crippen LogP contribution in [-0.4, -0.2) is 36.8 Å². The average molecular weight is 545 g/mol. The number of rotatable bonds is 8. The number of amides is 1. The zero-order valence-electron chi connectivity index (χ0n) is 20.1. The first kappa shape index (κ1) is 27.1. The number of hydrogen-bond acceptors (Lipinski definition) is 4. The summed E-state index contributed by atoms with van der Waals surface area (Å²) >= 11 is 7.09. The van der Waals surface area contributed by atoms with Crippen molar-refractivity contribution in [3.05, 3.63) is 63.4 Å². The van der Waals surface area contributed by atoms with Gasteiger partial charge in [0.05, 0.1) is 17.7 Å². The molecule has 0 aromatic heterocycles. The van der Waals surface area contributed by atoms with Gasteiger partial charge in [0.2, 0.25) is 0 Å². The molecule has 0 radical (unpaired) electrons. The van der Waals surface area contributed by atoms with Gasteiger partial charge >= 0.3 is 6.18 Å². The van der Waals surface area contributed by atoms with Crippen molar-refractivity contribution in [3.8, 4) is 5.75 Å². The molecule has 2 fully saturated rings. The number of carbonyl (C=O) groups is 1. The van der Waals surface area contributed by atoms with Gasteiger partial charge in [-0.2, -0.15) is 13.2 Å². The number of carbonyl (C=O) groups excluding carboxylic acids is 1. The summed E-state index contributed by atoms with van der Waals surface area (Å²) in [4.78, 5) is 14.3. The molecule has 4 rings (SSSR count). The summed E-state index contributed by atoms with van der Waals surface area (Å²) in [5.74, 6) is -0.0528. The number of hydrogen-bond donors (Lipinski definition) is 1. The number of ether oxygens (including phenoxy) is 1. The van der Waals surface area contributed by atoms with Crippen LogP contribution >= 0.6 is 23.5 Å². The monoisotopic (exact) mass is 544 g/mol. The van der Waals surface area contributed by atoms with Crippen molar-refractivity contribution in [3.63, 3.8) is 0 Å². The van der Waals surface area contributed by atoms with Crippen molar-refractivity contribution >= 4 is 29.5 Å². The number of piperidine rings is 1. The van der Waals surface area contributed by atoms with E-state index < -0.39 is 23.5 Å². The molecule has 0 spiro atoms. The zero-order valence-corrected chi connectivity index (χ0v) is 21.7. The van der Waals surface area contributed by atoms with E-state index in [1.807, 2.05) is 6.92 Å². The second-order valence-electron chi connectivity index (χ2n) is 9.52. The van der Waals surface area contributed by atoms with E-state index in [1.54, 1.807) is 18.4 Å². The SMILES string of the molecule is CSNC(=O)c1cc(C2CC2)c(OCC2CCN(C(C)c3cc(Cl)cc(C(F)(F)F)c3)CC2)cc1F. The summed E-state index contributed by atoms with van der Waals surface area (Å²) < 4.78 is 62.9. The Hall–Kier alpha value is -1.97. The number of halogens is 5. The van der Waals surface area contributed by atoms with Crippen LogP contribution in [0.1, 0.15) is 71.6 Å². The van der Waals surface area contributed by atoms with Gasteiger partial charge in [0, 0.05) is 23.4 Å². The van der Waals surface area contributed by atoms with Gasteiger partial charge in [0.25, 0.3) is 5.91 Å². The molecule has 1 N–H and O–H groups in total. The van der Waals surface area contributed by atoms with Crippen LogP contribution in [0, 0.1) is 11.7 Å². The third-order valence-electron chi connectivity index (χ3n) is 6.96. The molecular formula is C26H29ClF4N2O2S. The van der Waals surface area contributed by atoms with E-state index in [9.17, 15) is 22.4 Å². The lowest BCUT2D eigenvalue weighted by Crippen LogP contribution is -2.37. The molecule has 1 atom stereocenters. The Labute approximate surface area is 217 Å². The maximum atomic E-state index is 14.6. The van der Waals surface area contributed by atoms with Gasteiger partial charge in [0.1, 0.15) is 11.6 Å². The highest BCUT2D eigenvalue weighted by molar-refractivity contribution is 7.97. The molecule has 1 unspecified atom stereocenters. The minimum atomic E-state index is -4.44. The van der Waals surface area contributed by atoms with Gasteiger partial charge in [-0.1, -0.05) is 23.5 Å². The molecule has 1 amide bonds. The van der Waals surface area contributed by atoms with Gasteiger partial charge in [-0.3, -0.25) is 14.4 Å². The van der Waals surface area contributed by atoms with Gasteiger partial charge in [-0.25, -0.2) is 4.39 Å². The third-order valence-corrected chi connectivity index (χ3v) is 7.57. The molecule has 1 saturated heterocycles. The highest BCUT2D eigenvalue weighted by Crippen LogP contribution is 2.45. The number of nitrogens with zero attached hydrogens (tertiary/aromatic N) is 1. The first-order valence-corrected chi connectivity index (χ1v) is 13.6. The van der Waals surface area contributed by atoms with Crippen molar-refractivity contribution in [2.45, 2.75) is 50.7 Å². The molecule has 0 bridgehead atoms. The molecule has 2 aromatic rings. The summed E-state index contributed by atoms with van der Waals surface area (Å²) in [6.07, 6.45) is 0.858. The van der Waals surface area contributed by atoms with Crippen LogP contribution in [0.4, 0.5) is 17.6 Å². The van der Waals surface area contributed by atoms with Gasteiger partial charge in [-0.15, -0.1) is 0 Å². The van der Waals surface area contributed by atoms with E-state index in [0.717, 1.165) is 49.3 Å². The molecule has 1 saturated carbocycles. The Morgan fingerprint density at radius 3 is 2.47 bits per heavy atom. The van der Waals surface area contributed by atoms with Crippen LogP contribution in [0.15, 0.2) is 30.3 Å². The Morgan fingerprint density at radius 2 is 1.86 bits per heavy atom. The Kier molecular flexibility index (Phi) is 8.42. The molecule has 2 aliphatic rings.